The topological polar surface area (TPSA) is 98.5 Å². The number of amides is 1. The largest absolute Gasteiger partial charge is 0.342 e. The molecule has 0 radical (unpaired) electrons. The highest BCUT2D eigenvalue weighted by atomic mass is 16.1. The molecule has 0 aliphatic carbocycles. The highest BCUT2D eigenvalue weighted by Gasteiger charge is 2.21. The third-order valence-electron chi connectivity index (χ3n) is 5.38. The maximum atomic E-state index is 13.4. The lowest BCUT2D eigenvalue weighted by atomic mass is 9.99. The Labute approximate surface area is 174 Å². The third-order valence-corrected chi connectivity index (χ3v) is 5.38. The molecule has 1 atom stereocenters. The summed E-state index contributed by atoms with van der Waals surface area (Å²) < 4.78 is 1.68. The molecule has 0 aliphatic heterocycles. The van der Waals surface area contributed by atoms with Crippen molar-refractivity contribution in [2.75, 3.05) is 0 Å². The molecule has 0 bridgehead atoms. The van der Waals surface area contributed by atoms with Gasteiger partial charge in [0.15, 0.2) is 0 Å². The SMILES string of the molecule is CCC(NC(=O)c1cc(-c2cncnc2)nc2c(C)c(C)ccc12)c1ncnn1C. The van der Waals surface area contributed by atoms with Crippen LogP contribution < -0.4 is 5.32 Å². The van der Waals surface area contributed by atoms with Gasteiger partial charge in [0.05, 0.1) is 22.8 Å². The van der Waals surface area contributed by atoms with E-state index in [1.54, 1.807) is 23.1 Å². The van der Waals surface area contributed by atoms with Crippen LogP contribution in [0.25, 0.3) is 22.2 Å². The van der Waals surface area contributed by atoms with E-state index in [2.05, 4.69) is 25.4 Å². The van der Waals surface area contributed by atoms with Gasteiger partial charge in [0, 0.05) is 30.4 Å². The van der Waals surface area contributed by atoms with Crippen molar-refractivity contribution in [1.82, 2.24) is 35.0 Å². The summed E-state index contributed by atoms with van der Waals surface area (Å²) in [7, 11) is 1.82. The monoisotopic (exact) mass is 401 g/mol. The van der Waals surface area contributed by atoms with Gasteiger partial charge < -0.3 is 5.32 Å². The predicted molar refractivity (Wildman–Crippen MR) is 114 cm³/mol. The third kappa shape index (κ3) is 3.52. The molecule has 152 valence electrons. The van der Waals surface area contributed by atoms with Gasteiger partial charge in [-0.25, -0.2) is 19.9 Å². The average Bonchev–Trinajstić information content (AvgIpc) is 3.20. The summed E-state index contributed by atoms with van der Waals surface area (Å²) in [5.74, 6) is 0.534. The zero-order valence-corrected chi connectivity index (χ0v) is 17.4. The van der Waals surface area contributed by atoms with Gasteiger partial charge in [-0.15, -0.1) is 0 Å². The maximum absolute atomic E-state index is 13.4. The standard InChI is InChI=1S/C22H23N7O/c1-5-18(21-25-12-26-29(21)4)28-22(30)17-8-19(15-9-23-11-24-10-15)27-20-14(3)13(2)6-7-16(17)20/h6-12,18H,5H2,1-4H3,(H,28,30). The lowest BCUT2D eigenvalue weighted by molar-refractivity contribution is 0.0934. The molecule has 1 unspecified atom stereocenters. The highest BCUT2D eigenvalue weighted by molar-refractivity contribution is 6.08. The number of benzene rings is 1. The number of hydrogen-bond donors (Lipinski definition) is 1. The van der Waals surface area contributed by atoms with Gasteiger partial charge in [-0.2, -0.15) is 5.10 Å². The van der Waals surface area contributed by atoms with Crippen LogP contribution in [0.15, 0.2) is 43.2 Å². The molecule has 0 spiro atoms. The Hall–Kier alpha value is -3.68. The number of carbonyl (C=O) groups excluding carboxylic acids is 1. The summed E-state index contributed by atoms with van der Waals surface area (Å²) in [6.07, 6.45) is 7.05. The summed E-state index contributed by atoms with van der Waals surface area (Å²) in [5, 5.41) is 8.04. The smallest absolute Gasteiger partial charge is 0.252 e. The van der Waals surface area contributed by atoms with Gasteiger partial charge in [0.1, 0.15) is 18.5 Å². The first-order valence-corrected chi connectivity index (χ1v) is 9.80. The second kappa shape index (κ2) is 7.98. The van der Waals surface area contributed by atoms with Crippen LogP contribution in [-0.4, -0.2) is 35.6 Å². The second-order valence-corrected chi connectivity index (χ2v) is 7.26. The van der Waals surface area contributed by atoms with E-state index in [4.69, 9.17) is 4.98 Å². The molecule has 0 saturated carbocycles. The first kappa shape index (κ1) is 19.6. The number of nitrogens with one attached hydrogen (secondary N) is 1. The number of nitrogens with zero attached hydrogens (tertiary/aromatic N) is 6. The fourth-order valence-corrected chi connectivity index (χ4v) is 3.50. The molecule has 1 aromatic carbocycles. The van der Waals surface area contributed by atoms with Crippen molar-refractivity contribution < 1.29 is 4.79 Å². The van der Waals surface area contributed by atoms with E-state index in [1.807, 2.05) is 40.0 Å². The van der Waals surface area contributed by atoms with E-state index in [1.165, 1.54) is 12.7 Å². The highest BCUT2D eigenvalue weighted by Crippen LogP contribution is 2.28. The number of aryl methyl sites for hydroxylation is 3. The van der Waals surface area contributed by atoms with Crippen molar-refractivity contribution in [2.45, 2.75) is 33.2 Å². The van der Waals surface area contributed by atoms with Gasteiger partial charge >= 0.3 is 0 Å². The van der Waals surface area contributed by atoms with Crippen molar-refractivity contribution in [1.29, 1.82) is 0 Å². The Morgan fingerprint density at radius 2 is 1.93 bits per heavy atom. The van der Waals surface area contributed by atoms with Gasteiger partial charge in [-0.1, -0.05) is 19.1 Å². The maximum Gasteiger partial charge on any atom is 0.252 e. The molecule has 3 heterocycles. The Morgan fingerprint density at radius 3 is 2.60 bits per heavy atom. The fraction of sp³-hybridized carbons (Fsp3) is 0.273. The van der Waals surface area contributed by atoms with Crippen LogP contribution >= 0.6 is 0 Å². The first-order valence-electron chi connectivity index (χ1n) is 9.80. The van der Waals surface area contributed by atoms with Crippen LogP contribution in [0.3, 0.4) is 0 Å². The van der Waals surface area contributed by atoms with E-state index in [0.717, 1.165) is 27.6 Å². The molecule has 1 N–H and O–H groups in total. The normalized spacial score (nSPS) is 12.1. The molecule has 0 aliphatic rings. The van der Waals surface area contributed by atoms with E-state index in [9.17, 15) is 4.79 Å². The van der Waals surface area contributed by atoms with E-state index < -0.39 is 0 Å². The molecule has 3 aromatic heterocycles. The summed E-state index contributed by atoms with van der Waals surface area (Å²) in [6.45, 7) is 6.06. The zero-order chi connectivity index (χ0) is 21.3. The van der Waals surface area contributed by atoms with Crippen LogP contribution in [0.4, 0.5) is 0 Å². The van der Waals surface area contributed by atoms with Crippen LogP contribution in [0, 0.1) is 13.8 Å². The molecule has 30 heavy (non-hydrogen) atoms. The Bertz CT molecular complexity index is 1220. The van der Waals surface area contributed by atoms with Crippen molar-refractivity contribution in [3.63, 3.8) is 0 Å². The molecule has 8 heteroatoms. The Morgan fingerprint density at radius 1 is 1.17 bits per heavy atom. The molecule has 1 amide bonds. The molecule has 4 aromatic rings. The zero-order valence-electron chi connectivity index (χ0n) is 17.4. The van der Waals surface area contributed by atoms with Crippen LogP contribution in [0.1, 0.15) is 46.7 Å². The van der Waals surface area contributed by atoms with Gasteiger partial charge in [-0.05, 0) is 37.5 Å². The fourth-order valence-electron chi connectivity index (χ4n) is 3.50. The van der Waals surface area contributed by atoms with Crippen molar-refractivity contribution in [3.8, 4) is 11.3 Å². The van der Waals surface area contributed by atoms with Gasteiger partial charge in [0.25, 0.3) is 5.91 Å². The number of pyridine rings is 1. The Kier molecular flexibility index (Phi) is 5.22. The summed E-state index contributed by atoms with van der Waals surface area (Å²) in [6, 6.07) is 5.52. The summed E-state index contributed by atoms with van der Waals surface area (Å²) in [4.78, 5) is 30.7. The first-order chi connectivity index (χ1) is 14.5. The molecule has 8 nitrogen and oxygen atoms in total. The van der Waals surface area contributed by atoms with Crippen LogP contribution in [0.2, 0.25) is 0 Å². The van der Waals surface area contributed by atoms with E-state index in [0.29, 0.717) is 23.5 Å². The molecular weight excluding hydrogens is 378 g/mol. The van der Waals surface area contributed by atoms with Crippen molar-refractivity contribution >= 4 is 16.8 Å². The number of aromatic nitrogens is 6. The minimum absolute atomic E-state index is 0.182. The molecule has 0 fully saturated rings. The molecule has 0 saturated heterocycles. The van der Waals surface area contributed by atoms with Crippen molar-refractivity contribution in [2.24, 2.45) is 7.05 Å². The van der Waals surface area contributed by atoms with Crippen LogP contribution in [0.5, 0.6) is 0 Å². The minimum atomic E-state index is -0.247. The van der Waals surface area contributed by atoms with Gasteiger partial charge in [0.2, 0.25) is 0 Å². The second-order valence-electron chi connectivity index (χ2n) is 7.26. The van der Waals surface area contributed by atoms with E-state index in [-0.39, 0.29) is 11.9 Å². The van der Waals surface area contributed by atoms with Crippen LogP contribution in [-0.2, 0) is 7.05 Å². The number of carbonyl (C=O) groups is 1. The summed E-state index contributed by atoms with van der Waals surface area (Å²) in [5.41, 5.74) is 4.94. The average molecular weight is 401 g/mol. The minimum Gasteiger partial charge on any atom is -0.342 e. The molecule has 4 rings (SSSR count). The Balaban J connectivity index is 1.83. The quantitative estimate of drug-likeness (QED) is 0.551. The number of hydrogen-bond acceptors (Lipinski definition) is 6. The number of fused-ring (bicyclic) bond motifs is 1. The molecular formula is C22H23N7O. The van der Waals surface area contributed by atoms with Crippen molar-refractivity contribution in [3.05, 3.63) is 65.8 Å². The summed E-state index contributed by atoms with van der Waals surface area (Å²) >= 11 is 0. The number of rotatable bonds is 5. The van der Waals surface area contributed by atoms with Gasteiger partial charge in [-0.3, -0.25) is 9.48 Å². The predicted octanol–water partition coefficient (Wildman–Crippen LogP) is 3.32. The lowest BCUT2D eigenvalue weighted by Crippen LogP contribution is -2.30. The lowest BCUT2D eigenvalue weighted by Gasteiger charge is -2.18. The van der Waals surface area contributed by atoms with E-state index >= 15 is 0 Å².